The van der Waals surface area contributed by atoms with Gasteiger partial charge in [0.05, 0.1) is 0 Å². The molecule has 1 aromatic heterocycles. The number of piperidine rings is 1. The van der Waals surface area contributed by atoms with Crippen molar-refractivity contribution >= 4 is 11.3 Å². The molecule has 4 heteroatoms. The summed E-state index contributed by atoms with van der Waals surface area (Å²) in [5.41, 5.74) is -0.657. The molecule has 2 atom stereocenters. The van der Waals surface area contributed by atoms with Crippen LogP contribution in [0.2, 0.25) is 0 Å². The molecule has 2 bridgehead atoms. The summed E-state index contributed by atoms with van der Waals surface area (Å²) in [6.07, 6.45) is 5.93. The zero-order chi connectivity index (χ0) is 10.5. The highest BCUT2D eigenvalue weighted by molar-refractivity contribution is 7.11. The Morgan fingerprint density at radius 1 is 1.47 bits per heavy atom. The van der Waals surface area contributed by atoms with Gasteiger partial charge in [-0.3, -0.25) is 0 Å². The summed E-state index contributed by atoms with van der Waals surface area (Å²) in [6.45, 7) is 2.04. The van der Waals surface area contributed by atoms with E-state index in [4.69, 9.17) is 0 Å². The van der Waals surface area contributed by atoms with Crippen LogP contribution in [-0.4, -0.2) is 22.2 Å². The van der Waals surface area contributed by atoms with E-state index in [1.165, 1.54) is 17.7 Å². The summed E-state index contributed by atoms with van der Waals surface area (Å²) in [5.74, 6) is 0. The molecule has 0 radical (unpaired) electrons. The van der Waals surface area contributed by atoms with E-state index in [2.05, 4.69) is 10.3 Å². The Bertz CT molecular complexity index is 364. The van der Waals surface area contributed by atoms with Crippen LogP contribution < -0.4 is 5.32 Å². The van der Waals surface area contributed by atoms with Crippen LogP contribution >= 0.6 is 11.3 Å². The highest BCUT2D eigenvalue weighted by Crippen LogP contribution is 2.41. The minimum absolute atomic E-state index is 0.498. The van der Waals surface area contributed by atoms with Crippen molar-refractivity contribution in [1.82, 2.24) is 10.3 Å². The minimum atomic E-state index is -0.657. The maximum absolute atomic E-state index is 10.6. The topological polar surface area (TPSA) is 45.2 Å². The molecule has 3 heterocycles. The van der Waals surface area contributed by atoms with Crippen molar-refractivity contribution in [3.8, 4) is 0 Å². The van der Waals surface area contributed by atoms with Crippen LogP contribution in [0.3, 0.4) is 0 Å². The summed E-state index contributed by atoms with van der Waals surface area (Å²) in [6, 6.07) is 0.996. The van der Waals surface area contributed by atoms with Crippen LogP contribution in [-0.2, 0) is 5.60 Å². The SMILES string of the molecule is Cc1cnc(C2(O)CC3CCC(C2)N3)s1. The molecule has 2 saturated heterocycles. The van der Waals surface area contributed by atoms with Gasteiger partial charge >= 0.3 is 0 Å². The van der Waals surface area contributed by atoms with Crippen LogP contribution in [0.15, 0.2) is 6.20 Å². The predicted octanol–water partition coefficient (Wildman–Crippen LogP) is 1.55. The van der Waals surface area contributed by atoms with E-state index in [1.54, 1.807) is 11.3 Å². The second-order valence-corrected chi connectivity index (χ2v) is 6.09. The second-order valence-electron chi connectivity index (χ2n) is 4.85. The number of nitrogens with zero attached hydrogens (tertiary/aromatic N) is 1. The lowest BCUT2D eigenvalue weighted by Gasteiger charge is -2.35. The smallest absolute Gasteiger partial charge is 0.125 e. The number of aryl methyl sites for hydroxylation is 1. The average molecular weight is 224 g/mol. The van der Waals surface area contributed by atoms with Crippen LogP contribution in [0.25, 0.3) is 0 Å². The number of fused-ring (bicyclic) bond motifs is 2. The molecule has 0 aromatic carbocycles. The van der Waals surface area contributed by atoms with E-state index in [9.17, 15) is 5.11 Å². The second kappa shape index (κ2) is 3.27. The lowest BCUT2D eigenvalue weighted by molar-refractivity contribution is -0.0116. The predicted molar refractivity (Wildman–Crippen MR) is 59.9 cm³/mol. The highest BCUT2D eigenvalue weighted by atomic mass is 32.1. The first kappa shape index (κ1) is 9.75. The van der Waals surface area contributed by atoms with Crippen molar-refractivity contribution in [3.05, 3.63) is 16.1 Å². The maximum Gasteiger partial charge on any atom is 0.125 e. The molecule has 0 saturated carbocycles. The summed E-state index contributed by atoms with van der Waals surface area (Å²) in [5, 5.41) is 15.1. The third kappa shape index (κ3) is 1.61. The quantitative estimate of drug-likeness (QED) is 0.761. The van der Waals surface area contributed by atoms with E-state index < -0.39 is 5.60 Å². The monoisotopic (exact) mass is 224 g/mol. The molecule has 0 amide bonds. The molecule has 3 nitrogen and oxygen atoms in total. The van der Waals surface area contributed by atoms with Gasteiger partial charge in [0, 0.05) is 23.2 Å². The summed E-state index contributed by atoms with van der Waals surface area (Å²) < 4.78 is 0. The average Bonchev–Trinajstić information content (AvgIpc) is 2.74. The molecule has 2 aliphatic rings. The van der Waals surface area contributed by atoms with Gasteiger partial charge in [0.15, 0.2) is 0 Å². The summed E-state index contributed by atoms with van der Waals surface area (Å²) in [4.78, 5) is 5.53. The number of thiazole rings is 1. The molecular formula is C11H16N2OS. The lowest BCUT2D eigenvalue weighted by Crippen LogP contribution is -2.46. The van der Waals surface area contributed by atoms with Gasteiger partial charge in [-0.15, -0.1) is 11.3 Å². The van der Waals surface area contributed by atoms with Gasteiger partial charge in [-0.1, -0.05) is 0 Å². The van der Waals surface area contributed by atoms with Crippen LogP contribution in [0.5, 0.6) is 0 Å². The third-order valence-electron chi connectivity index (χ3n) is 3.52. The zero-order valence-electron chi connectivity index (χ0n) is 8.86. The van der Waals surface area contributed by atoms with Gasteiger partial charge in [0.2, 0.25) is 0 Å². The van der Waals surface area contributed by atoms with E-state index in [-0.39, 0.29) is 0 Å². The zero-order valence-corrected chi connectivity index (χ0v) is 9.68. The van der Waals surface area contributed by atoms with E-state index in [0.29, 0.717) is 12.1 Å². The first-order valence-electron chi connectivity index (χ1n) is 5.57. The molecular weight excluding hydrogens is 208 g/mol. The van der Waals surface area contributed by atoms with Crippen LogP contribution in [0.4, 0.5) is 0 Å². The van der Waals surface area contributed by atoms with E-state index in [1.807, 2.05) is 13.1 Å². The number of aromatic nitrogens is 1. The molecule has 2 unspecified atom stereocenters. The Morgan fingerprint density at radius 2 is 2.13 bits per heavy atom. The fourth-order valence-electron chi connectivity index (χ4n) is 2.87. The normalized spacial score (nSPS) is 39.6. The standard InChI is InChI=1S/C11H16N2OS/c1-7-6-12-10(15-7)11(14)4-8-2-3-9(5-11)13-8/h6,8-9,13-14H,2-5H2,1H3. The molecule has 2 aliphatic heterocycles. The van der Waals surface area contributed by atoms with E-state index >= 15 is 0 Å². The van der Waals surface area contributed by atoms with Crippen LogP contribution in [0, 0.1) is 6.92 Å². The Hall–Kier alpha value is -0.450. The van der Waals surface area contributed by atoms with Gasteiger partial charge in [-0.25, -0.2) is 4.98 Å². The van der Waals surface area contributed by atoms with Crippen molar-refractivity contribution in [2.24, 2.45) is 0 Å². The first-order valence-corrected chi connectivity index (χ1v) is 6.39. The number of rotatable bonds is 1. The van der Waals surface area contributed by atoms with Gasteiger partial charge < -0.3 is 10.4 Å². The number of hydrogen-bond donors (Lipinski definition) is 2. The Balaban J connectivity index is 1.90. The molecule has 82 valence electrons. The van der Waals surface area contributed by atoms with Crippen LogP contribution in [0.1, 0.15) is 35.6 Å². The maximum atomic E-state index is 10.6. The number of nitrogens with one attached hydrogen (secondary N) is 1. The molecule has 0 aliphatic carbocycles. The van der Waals surface area contributed by atoms with Gasteiger partial charge in [-0.2, -0.15) is 0 Å². The molecule has 2 N–H and O–H groups in total. The van der Waals surface area contributed by atoms with Crippen molar-refractivity contribution in [2.75, 3.05) is 0 Å². The minimum Gasteiger partial charge on any atom is -0.383 e. The van der Waals surface area contributed by atoms with Crippen molar-refractivity contribution in [2.45, 2.75) is 50.3 Å². The highest BCUT2D eigenvalue weighted by Gasteiger charge is 2.45. The third-order valence-corrected chi connectivity index (χ3v) is 4.63. The van der Waals surface area contributed by atoms with Crippen molar-refractivity contribution < 1.29 is 5.11 Å². The lowest BCUT2D eigenvalue weighted by atomic mass is 9.88. The number of aliphatic hydroxyl groups is 1. The van der Waals surface area contributed by atoms with Gasteiger partial charge in [-0.05, 0) is 32.6 Å². The largest absolute Gasteiger partial charge is 0.383 e. The fraction of sp³-hybridized carbons (Fsp3) is 0.727. The summed E-state index contributed by atoms with van der Waals surface area (Å²) >= 11 is 1.64. The molecule has 0 spiro atoms. The molecule has 15 heavy (non-hydrogen) atoms. The fourth-order valence-corrected chi connectivity index (χ4v) is 3.74. The van der Waals surface area contributed by atoms with Gasteiger partial charge in [0.25, 0.3) is 0 Å². The van der Waals surface area contributed by atoms with Crippen molar-refractivity contribution in [1.29, 1.82) is 0 Å². The van der Waals surface area contributed by atoms with Gasteiger partial charge in [0.1, 0.15) is 10.6 Å². The molecule has 1 aromatic rings. The molecule has 2 fully saturated rings. The van der Waals surface area contributed by atoms with Crippen molar-refractivity contribution in [3.63, 3.8) is 0 Å². The first-order chi connectivity index (χ1) is 7.16. The Morgan fingerprint density at radius 3 is 2.67 bits per heavy atom. The number of hydrogen-bond acceptors (Lipinski definition) is 4. The Kier molecular flexibility index (Phi) is 2.13. The summed E-state index contributed by atoms with van der Waals surface area (Å²) in [7, 11) is 0. The van der Waals surface area contributed by atoms with E-state index in [0.717, 1.165) is 17.8 Å². The molecule has 3 rings (SSSR count). The Labute approximate surface area is 93.5 Å².